The zero-order valence-electron chi connectivity index (χ0n) is 16.1. The Morgan fingerprint density at radius 2 is 2.03 bits per heavy atom. The van der Waals surface area contributed by atoms with Gasteiger partial charge in [-0.3, -0.25) is 0 Å². The number of aryl methyl sites for hydroxylation is 1. The van der Waals surface area contributed by atoms with Crippen molar-refractivity contribution in [2.24, 2.45) is 7.05 Å². The summed E-state index contributed by atoms with van der Waals surface area (Å²) in [5.41, 5.74) is 8.94. The van der Waals surface area contributed by atoms with E-state index >= 15 is 0 Å². The third-order valence-corrected chi connectivity index (χ3v) is 5.17. The summed E-state index contributed by atoms with van der Waals surface area (Å²) in [4.78, 5) is 18.8. The fourth-order valence-electron chi connectivity index (χ4n) is 3.06. The van der Waals surface area contributed by atoms with Crippen LogP contribution >= 0.6 is 11.3 Å². The monoisotopic (exact) mass is 453 g/mol. The van der Waals surface area contributed by atoms with Crippen LogP contribution in [-0.2, 0) is 11.8 Å². The van der Waals surface area contributed by atoms with E-state index in [0.717, 1.165) is 27.4 Å². The molecule has 4 rings (SSSR count). The fraction of sp³-hybridized carbons (Fsp3) is 0.211. The normalized spacial score (nSPS) is 11.4. The number of carboxylic acid groups (broad SMARTS) is 1. The molecular weight excluding hydrogens is 435 g/mol. The lowest BCUT2D eigenvalue weighted by Crippen LogP contribution is -2.21. The number of fused-ring (bicyclic) bond motifs is 3. The molecule has 31 heavy (non-hydrogen) atoms. The average Bonchev–Trinajstić information content (AvgIpc) is 3.35. The van der Waals surface area contributed by atoms with Gasteiger partial charge in [0.15, 0.2) is 0 Å². The second-order valence-corrected chi connectivity index (χ2v) is 7.32. The maximum atomic E-state index is 10.6. The van der Waals surface area contributed by atoms with Gasteiger partial charge in [-0.25, -0.2) is 9.78 Å². The molecule has 0 spiro atoms. The number of halogens is 3. The summed E-state index contributed by atoms with van der Waals surface area (Å²) in [7, 11) is 2.03. The molecule has 0 radical (unpaired) electrons. The van der Waals surface area contributed by atoms with Crippen LogP contribution in [0.5, 0.6) is 0 Å². The van der Waals surface area contributed by atoms with E-state index in [-0.39, 0.29) is 12.6 Å². The quantitative estimate of drug-likeness (QED) is 0.373. The van der Waals surface area contributed by atoms with Crippen molar-refractivity contribution in [2.75, 3.05) is 24.2 Å². The van der Waals surface area contributed by atoms with Gasteiger partial charge >= 0.3 is 12.1 Å². The molecule has 0 saturated heterocycles. The number of carboxylic acids is 1. The first-order chi connectivity index (χ1) is 14.6. The maximum absolute atomic E-state index is 10.6. The number of thiophene rings is 1. The predicted molar refractivity (Wildman–Crippen MR) is 113 cm³/mol. The van der Waals surface area contributed by atoms with Crippen LogP contribution < -0.4 is 11.1 Å². The van der Waals surface area contributed by atoms with Crippen molar-refractivity contribution in [1.29, 1.82) is 0 Å². The number of hydrogen-bond acceptors (Lipinski definition) is 7. The third-order valence-electron chi connectivity index (χ3n) is 4.27. The van der Waals surface area contributed by atoms with E-state index in [2.05, 4.69) is 43.4 Å². The number of alkyl halides is 3. The van der Waals surface area contributed by atoms with Crippen LogP contribution in [0.25, 0.3) is 32.2 Å². The Bertz CT molecular complexity index is 1220. The molecule has 0 aliphatic rings. The zero-order chi connectivity index (χ0) is 22.8. The number of aliphatic hydroxyl groups is 1. The molecule has 3 heterocycles. The number of benzene rings is 1. The van der Waals surface area contributed by atoms with Gasteiger partial charge < -0.3 is 25.8 Å². The molecule has 164 valence electrons. The summed E-state index contributed by atoms with van der Waals surface area (Å²) in [5, 5.41) is 23.4. The minimum atomic E-state index is -5.08. The number of carbonyl (C=O) groups is 1. The van der Waals surface area contributed by atoms with Crippen LogP contribution in [0.3, 0.4) is 0 Å². The van der Waals surface area contributed by atoms with Crippen LogP contribution in [0.4, 0.5) is 24.9 Å². The summed E-state index contributed by atoms with van der Waals surface area (Å²) in [6.45, 7) is 0.434. The highest BCUT2D eigenvalue weighted by atomic mass is 32.1. The lowest BCUT2D eigenvalue weighted by molar-refractivity contribution is -0.192. The largest absolute Gasteiger partial charge is 0.490 e. The first kappa shape index (κ1) is 22.3. The molecule has 0 aliphatic carbocycles. The molecule has 4 aromatic rings. The van der Waals surface area contributed by atoms with Crippen molar-refractivity contribution >= 4 is 50.9 Å². The van der Waals surface area contributed by atoms with Crippen LogP contribution in [0, 0.1) is 0 Å². The summed E-state index contributed by atoms with van der Waals surface area (Å²) >= 11 is 1.70. The SMILES string of the molecule is Cn1ccc2c3c(NCCO)nc(N)nc3cc(-c3cccs3)c21.O=C(O)C(F)(F)F. The number of hydrogen-bond donors (Lipinski definition) is 4. The summed E-state index contributed by atoms with van der Waals surface area (Å²) in [6, 6.07) is 8.28. The molecule has 0 fully saturated rings. The number of nitrogens with zero attached hydrogens (tertiary/aromatic N) is 3. The second kappa shape index (κ2) is 8.78. The first-order valence-electron chi connectivity index (χ1n) is 8.87. The molecule has 0 bridgehead atoms. The molecule has 0 saturated carbocycles. The van der Waals surface area contributed by atoms with Gasteiger partial charge in [-0.2, -0.15) is 18.2 Å². The lowest BCUT2D eigenvalue weighted by Gasteiger charge is -2.12. The third kappa shape index (κ3) is 4.70. The van der Waals surface area contributed by atoms with E-state index in [1.54, 1.807) is 11.3 Å². The molecule has 12 heteroatoms. The molecule has 0 unspecified atom stereocenters. The van der Waals surface area contributed by atoms with Crippen LogP contribution in [-0.4, -0.2) is 50.0 Å². The van der Waals surface area contributed by atoms with Crippen molar-refractivity contribution in [2.45, 2.75) is 6.18 Å². The number of nitrogen functional groups attached to an aromatic ring is 1. The number of nitrogens with one attached hydrogen (secondary N) is 1. The molecule has 3 aromatic heterocycles. The highest BCUT2D eigenvalue weighted by Gasteiger charge is 2.38. The van der Waals surface area contributed by atoms with E-state index in [0.29, 0.717) is 12.4 Å². The second-order valence-electron chi connectivity index (χ2n) is 6.37. The van der Waals surface area contributed by atoms with E-state index in [4.69, 9.17) is 20.7 Å². The zero-order valence-corrected chi connectivity index (χ0v) is 17.0. The smallest absolute Gasteiger partial charge is 0.475 e. The topological polar surface area (TPSA) is 126 Å². The minimum absolute atomic E-state index is 0.0244. The van der Waals surface area contributed by atoms with Gasteiger partial charge in [0.05, 0.1) is 23.0 Å². The Hall–Kier alpha value is -3.38. The molecule has 0 amide bonds. The predicted octanol–water partition coefficient (Wildman–Crippen LogP) is 3.47. The summed E-state index contributed by atoms with van der Waals surface area (Å²) in [6.07, 6.45) is -3.05. The highest BCUT2D eigenvalue weighted by molar-refractivity contribution is 7.13. The highest BCUT2D eigenvalue weighted by Crippen LogP contribution is 2.38. The molecule has 0 atom stereocenters. The standard InChI is InChI=1S/C17H17N5OS.C2HF3O2/c1-22-6-4-10-14-12(20-17(18)21-16(14)19-5-7-23)9-11(15(10)22)13-3-2-8-24-13;3-2(4,5)1(6)7/h2-4,6,8-9,23H,5,7H2,1H3,(H3,18,19,20,21);(H,6,7). The van der Waals surface area contributed by atoms with Crippen molar-refractivity contribution in [3.8, 4) is 10.4 Å². The average molecular weight is 453 g/mol. The maximum Gasteiger partial charge on any atom is 0.490 e. The van der Waals surface area contributed by atoms with E-state index in [9.17, 15) is 13.2 Å². The van der Waals surface area contributed by atoms with Crippen molar-refractivity contribution < 1.29 is 28.2 Å². The van der Waals surface area contributed by atoms with Gasteiger partial charge in [-0.05, 0) is 23.6 Å². The minimum Gasteiger partial charge on any atom is -0.475 e. The molecule has 5 N–H and O–H groups in total. The van der Waals surface area contributed by atoms with Crippen molar-refractivity contribution in [3.63, 3.8) is 0 Å². The Kier molecular flexibility index (Phi) is 6.32. The number of aliphatic hydroxyl groups excluding tert-OH is 1. The molecule has 1 aromatic carbocycles. The van der Waals surface area contributed by atoms with E-state index in [1.165, 1.54) is 4.88 Å². The van der Waals surface area contributed by atoms with Crippen molar-refractivity contribution in [3.05, 3.63) is 35.8 Å². The van der Waals surface area contributed by atoms with Crippen LogP contribution in [0.1, 0.15) is 0 Å². The van der Waals surface area contributed by atoms with E-state index < -0.39 is 12.1 Å². The van der Waals surface area contributed by atoms with Crippen molar-refractivity contribution in [1.82, 2.24) is 14.5 Å². The van der Waals surface area contributed by atoms with Gasteiger partial charge in [-0.1, -0.05) is 6.07 Å². The van der Waals surface area contributed by atoms with Crippen LogP contribution in [0.2, 0.25) is 0 Å². The Balaban J connectivity index is 0.000000339. The first-order valence-corrected chi connectivity index (χ1v) is 9.75. The Morgan fingerprint density at radius 1 is 1.32 bits per heavy atom. The van der Waals surface area contributed by atoms with Crippen LogP contribution in [0.15, 0.2) is 35.8 Å². The fourth-order valence-corrected chi connectivity index (χ4v) is 3.80. The Morgan fingerprint density at radius 3 is 2.61 bits per heavy atom. The van der Waals surface area contributed by atoms with Gasteiger partial charge in [0.25, 0.3) is 0 Å². The van der Waals surface area contributed by atoms with E-state index in [1.807, 2.05) is 19.3 Å². The summed E-state index contributed by atoms with van der Waals surface area (Å²) < 4.78 is 33.8. The van der Waals surface area contributed by atoms with Gasteiger partial charge in [0, 0.05) is 35.6 Å². The number of aromatic nitrogens is 3. The molecular formula is C19H18F3N5O3S. The molecule has 8 nitrogen and oxygen atoms in total. The number of nitrogens with two attached hydrogens (primary N) is 1. The number of aliphatic carboxylic acids is 1. The Labute approximate surface area is 177 Å². The van der Waals surface area contributed by atoms with Gasteiger partial charge in [0.2, 0.25) is 5.95 Å². The van der Waals surface area contributed by atoms with Gasteiger partial charge in [0.1, 0.15) is 5.82 Å². The van der Waals surface area contributed by atoms with Gasteiger partial charge in [-0.15, -0.1) is 11.3 Å². The summed E-state index contributed by atoms with van der Waals surface area (Å²) in [5.74, 6) is -1.89. The number of rotatable bonds is 4. The molecule has 0 aliphatic heterocycles. The number of anilines is 2. The lowest BCUT2D eigenvalue weighted by atomic mass is 10.0.